The lowest BCUT2D eigenvalue weighted by Crippen LogP contribution is -2.35. The molecule has 1 rings (SSSR count). The van der Waals surface area contributed by atoms with Crippen LogP contribution in [0.15, 0.2) is 0 Å². The standard InChI is InChI=1S/C10H19NO2/c1-8(2)13-7-10(12)11-6-9-4-3-5-9/h8-9H,3-7H2,1-2H3,(H,11,12). The zero-order valence-corrected chi connectivity index (χ0v) is 8.51. The van der Waals surface area contributed by atoms with Crippen LogP contribution < -0.4 is 5.32 Å². The number of carbonyl (C=O) groups is 1. The van der Waals surface area contributed by atoms with E-state index in [2.05, 4.69) is 5.32 Å². The van der Waals surface area contributed by atoms with Crippen LogP contribution in [-0.4, -0.2) is 25.2 Å². The van der Waals surface area contributed by atoms with E-state index < -0.39 is 0 Å². The van der Waals surface area contributed by atoms with Gasteiger partial charge in [0.2, 0.25) is 5.91 Å². The second-order valence-corrected chi connectivity index (χ2v) is 3.96. The predicted octanol–water partition coefficient (Wildman–Crippen LogP) is 1.33. The fourth-order valence-electron chi connectivity index (χ4n) is 1.25. The van der Waals surface area contributed by atoms with Crippen LogP contribution in [-0.2, 0) is 9.53 Å². The molecule has 1 N–H and O–H groups in total. The molecule has 0 bridgehead atoms. The van der Waals surface area contributed by atoms with Gasteiger partial charge in [-0.25, -0.2) is 0 Å². The molecule has 13 heavy (non-hydrogen) atoms. The first-order valence-corrected chi connectivity index (χ1v) is 5.07. The molecular formula is C10H19NO2. The Balaban J connectivity index is 1.97. The molecule has 0 radical (unpaired) electrons. The van der Waals surface area contributed by atoms with Crippen molar-refractivity contribution >= 4 is 5.91 Å². The van der Waals surface area contributed by atoms with E-state index in [-0.39, 0.29) is 18.6 Å². The molecule has 0 saturated heterocycles. The van der Waals surface area contributed by atoms with E-state index in [1.165, 1.54) is 19.3 Å². The van der Waals surface area contributed by atoms with Crippen molar-refractivity contribution < 1.29 is 9.53 Å². The molecule has 1 aliphatic carbocycles. The summed E-state index contributed by atoms with van der Waals surface area (Å²) in [5, 5.41) is 2.88. The molecule has 0 aromatic carbocycles. The summed E-state index contributed by atoms with van der Waals surface area (Å²) < 4.78 is 5.18. The van der Waals surface area contributed by atoms with E-state index in [0.717, 1.165) is 12.5 Å². The van der Waals surface area contributed by atoms with E-state index in [0.29, 0.717) is 0 Å². The summed E-state index contributed by atoms with van der Waals surface area (Å²) in [6, 6.07) is 0. The third-order valence-corrected chi connectivity index (χ3v) is 2.36. The molecule has 0 aromatic heterocycles. The Hall–Kier alpha value is -0.570. The van der Waals surface area contributed by atoms with Gasteiger partial charge in [-0.2, -0.15) is 0 Å². The first-order chi connectivity index (χ1) is 6.18. The van der Waals surface area contributed by atoms with Crippen LogP contribution in [0.25, 0.3) is 0 Å². The lowest BCUT2D eigenvalue weighted by molar-refractivity contribution is -0.127. The van der Waals surface area contributed by atoms with Crippen LogP contribution >= 0.6 is 0 Å². The number of hydrogen-bond acceptors (Lipinski definition) is 2. The molecule has 3 nitrogen and oxygen atoms in total. The Bertz CT molecular complexity index is 164. The average molecular weight is 185 g/mol. The second-order valence-electron chi connectivity index (χ2n) is 3.96. The molecule has 1 aliphatic rings. The van der Waals surface area contributed by atoms with E-state index in [9.17, 15) is 4.79 Å². The Morgan fingerprint density at radius 2 is 2.23 bits per heavy atom. The van der Waals surface area contributed by atoms with Gasteiger partial charge in [0, 0.05) is 6.54 Å². The van der Waals surface area contributed by atoms with Gasteiger partial charge in [0.15, 0.2) is 0 Å². The largest absolute Gasteiger partial charge is 0.369 e. The highest BCUT2D eigenvalue weighted by molar-refractivity contribution is 5.77. The highest BCUT2D eigenvalue weighted by atomic mass is 16.5. The molecule has 0 unspecified atom stereocenters. The normalized spacial score (nSPS) is 17.2. The van der Waals surface area contributed by atoms with Crippen molar-refractivity contribution in [3.8, 4) is 0 Å². The minimum atomic E-state index is 0.0144. The average Bonchev–Trinajstić information content (AvgIpc) is 1.98. The lowest BCUT2D eigenvalue weighted by atomic mass is 9.85. The maximum absolute atomic E-state index is 11.2. The van der Waals surface area contributed by atoms with Gasteiger partial charge >= 0.3 is 0 Å². The lowest BCUT2D eigenvalue weighted by Gasteiger charge is -2.25. The molecule has 0 aromatic rings. The molecular weight excluding hydrogens is 166 g/mol. The third-order valence-electron chi connectivity index (χ3n) is 2.36. The van der Waals surface area contributed by atoms with Gasteiger partial charge in [-0.05, 0) is 32.6 Å². The fourth-order valence-corrected chi connectivity index (χ4v) is 1.25. The number of carbonyl (C=O) groups excluding carboxylic acids is 1. The van der Waals surface area contributed by atoms with Gasteiger partial charge in [-0.1, -0.05) is 6.42 Å². The van der Waals surface area contributed by atoms with Crippen LogP contribution in [0, 0.1) is 5.92 Å². The van der Waals surface area contributed by atoms with Crippen LogP contribution in [0.5, 0.6) is 0 Å². The number of amides is 1. The Kier molecular flexibility index (Phi) is 4.22. The maximum atomic E-state index is 11.2. The molecule has 76 valence electrons. The van der Waals surface area contributed by atoms with E-state index in [1.807, 2.05) is 13.8 Å². The number of nitrogens with one attached hydrogen (secondary N) is 1. The smallest absolute Gasteiger partial charge is 0.246 e. The molecule has 1 saturated carbocycles. The molecule has 1 amide bonds. The first-order valence-electron chi connectivity index (χ1n) is 5.07. The van der Waals surface area contributed by atoms with Gasteiger partial charge in [0.1, 0.15) is 6.61 Å². The van der Waals surface area contributed by atoms with Crippen molar-refractivity contribution in [1.82, 2.24) is 5.32 Å². The Morgan fingerprint density at radius 3 is 2.69 bits per heavy atom. The summed E-state index contributed by atoms with van der Waals surface area (Å²) in [5.41, 5.74) is 0. The number of ether oxygens (including phenoxy) is 1. The Morgan fingerprint density at radius 1 is 1.54 bits per heavy atom. The van der Waals surface area contributed by atoms with Crippen LogP contribution in [0.2, 0.25) is 0 Å². The van der Waals surface area contributed by atoms with Crippen LogP contribution in [0.4, 0.5) is 0 Å². The zero-order chi connectivity index (χ0) is 9.68. The van der Waals surface area contributed by atoms with Gasteiger partial charge in [-0.3, -0.25) is 4.79 Å². The highest BCUT2D eigenvalue weighted by Gasteiger charge is 2.17. The van der Waals surface area contributed by atoms with Gasteiger partial charge in [-0.15, -0.1) is 0 Å². The van der Waals surface area contributed by atoms with E-state index in [1.54, 1.807) is 0 Å². The summed E-state index contributed by atoms with van der Waals surface area (Å²) in [5.74, 6) is 0.739. The molecule has 0 spiro atoms. The number of hydrogen-bond donors (Lipinski definition) is 1. The monoisotopic (exact) mass is 185 g/mol. The van der Waals surface area contributed by atoms with Crippen molar-refractivity contribution in [2.24, 2.45) is 5.92 Å². The van der Waals surface area contributed by atoms with Crippen molar-refractivity contribution in [1.29, 1.82) is 0 Å². The molecule has 0 heterocycles. The summed E-state index contributed by atoms with van der Waals surface area (Å²) in [4.78, 5) is 11.2. The number of rotatable bonds is 5. The molecule has 0 aliphatic heterocycles. The maximum Gasteiger partial charge on any atom is 0.246 e. The van der Waals surface area contributed by atoms with Gasteiger partial charge in [0.05, 0.1) is 6.10 Å². The van der Waals surface area contributed by atoms with Crippen molar-refractivity contribution in [3.05, 3.63) is 0 Å². The van der Waals surface area contributed by atoms with Crippen molar-refractivity contribution in [3.63, 3.8) is 0 Å². The molecule has 0 atom stereocenters. The van der Waals surface area contributed by atoms with Gasteiger partial charge < -0.3 is 10.1 Å². The van der Waals surface area contributed by atoms with Crippen molar-refractivity contribution in [2.45, 2.75) is 39.2 Å². The summed E-state index contributed by atoms with van der Waals surface area (Å²) in [6.07, 6.45) is 3.99. The topological polar surface area (TPSA) is 38.3 Å². The highest BCUT2D eigenvalue weighted by Crippen LogP contribution is 2.24. The second kappa shape index (κ2) is 5.22. The fraction of sp³-hybridized carbons (Fsp3) is 0.900. The Labute approximate surface area is 79.8 Å². The first kappa shape index (κ1) is 10.5. The quantitative estimate of drug-likeness (QED) is 0.701. The van der Waals surface area contributed by atoms with Gasteiger partial charge in [0.25, 0.3) is 0 Å². The minimum absolute atomic E-state index is 0.0144. The SMILES string of the molecule is CC(C)OCC(=O)NCC1CCC1. The minimum Gasteiger partial charge on any atom is -0.369 e. The van der Waals surface area contributed by atoms with Crippen molar-refractivity contribution in [2.75, 3.05) is 13.2 Å². The zero-order valence-electron chi connectivity index (χ0n) is 8.51. The van der Waals surface area contributed by atoms with E-state index in [4.69, 9.17) is 4.74 Å². The van der Waals surface area contributed by atoms with E-state index >= 15 is 0 Å². The molecule has 3 heteroatoms. The third kappa shape index (κ3) is 4.27. The summed E-state index contributed by atoms with van der Waals surface area (Å²) in [7, 11) is 0. The van der Waals surface area contributed by atoms with Crippen LogP contribution in [0.3, 0.4) is 0 Å². The summed E-state index contributed by atoms with van der Waals surface area (Å²) >= 11 is 0. The predicted molar refractivity (Wildman–Crippen MR) is 51.4 cm³/mol. The van der Waals surface area contributed by atoms with Crippen LogP contribution in [0.1, 0.15) is 33.1 Å². The molecule has 1 fully saturated rings. The summed E-state index contributed by atoms with van der Waals surface area (Å²) in [6.45, 7) is 4.89.